The van der Waals surface area contributed by atoms with Crippen LogP contribution in [0.2, 0.25) is 0 Å². The number of fused-ring (bicyclic) bond motifs is 5. The van der Waals surface area contributed by atoms with Gasteiger partial charge in [-0.05, 0) is 67.8 Å². The molecule has 3 fully saturated rings. The van der Waals surface area contributed by atoms with E-state index >= 15 is 0 Å². The number of carbonyl (C=O) groups is 2. The minimum atomic E-state index is -1.43. The summed E-state index contributed by atoms with van der Waals surface area (Å²) in [6.45, 7) is 4.19. The van der Waals surface area contributed by atoms with E-state index in [1.54, 1.807) is 0 Å². The summed E-state index contributed by atoms with van der Waals surface area (Å²) >= 11 is 5.80. The zero-order chi connectivity index (χ0) is 18.9. The Morgan fingerprint density at radius 2 is 2.00 bits per heavy atom. The summed E-state index contributed by atoms with van der Waals surface area (Å²) in [6, 6.07) is 0. The molecule has 0 spiro atoms. The highest BCUT2D eigenvalue weighted by atomic mass is 35.5. The van der Waals surface area contributed by atoms with E-state index in [2.05, 4.69) is 6.92 Å². The maximum absolute atomic E-state index is 12.5. The van der Waals surface area contributed by atoms with E-state index in [1.807, 2.05) is 13.0 Å². The number of carbonyl (C=O) groups excluding carboxylic acids is 2. The monoisotopic (exact) mass is 380 g/mol. The van der Waals surface area contributed by atoms with Gasteiger partial charge in [0.1, 0.15) is 5.60 Å². The molecule has 4 aliphatic rings. The average molecular weight is 381 g/mol. The van der Waals surface area contributed by atoms with Crippen LogP contribution in [0.1, 0.15) is 58.8 Å². The number of hydrogen-bond acceptors (Lipinski definition) is 4. The molecule has 0 saturated heterocycles. The summed E-state index contributed by atoms with van der Waals surface area (Å²) in [5.74, 6) is 0.299. The van der Waals surface area contributed by atoms with Crippen molar-refractivity contribution in [2.24, 2.45) is 28.6 Å². The minimum absolute atomic E-state index is 0.0992. The van der Waals surface area contributed by atoms with E-state index in [-0.39, 0.29) is 40.6 Å². The summed E-state index contributed by atoms with van der Waals surface area (Å²) in [6.07, 6.45) is 6.06. The smallest absolute Gasteiger partial charge is 0.179 e. The Morgan fingerprint density at radius 3 is 2.69 bits per heavy atom. The van der Waals surface area contributed by atoms with E-state index in [0.29, 0.717) is 19.3 Å². The second-order valence-electron chi connectivity index (χ2n) is 9.53. The van der Waals surface area contributed by atoms with Gasteiger partial charge in [-0.2, -0.15) is 0 Å². The van der Waals surface area contributed by atoms with Crippen molar-refractivity contribution in [1.82, 2.24) is 0 Å². The largest absolute Gasteiger partial charge is 0.393 e. The third-order valence-corrected chi connectivity index (χ3v) is 8.87. The van der Waals surface area contributed by atoms with Crippen LogP contribution in [0.25, 0.3) is 0 Å². The maximum atomic E-state index is 12.5. The molecule has 0 radical (unpaired) electrons. The Morgan fingerprint density at radius 1 is 1.27 bits per heavy atom. The summed E-state index contributed by atoms with van der Waals surface area (Å²) in [4.78, 5) is 24.4. The molecule has 0 aromatic heterocycles. The van der Waals surface area contributed by atoms with Crippen LogP contribution >= 0.6 is 11.6 Å². The average Bonchev–Trinajstić information content (AvgIpc) is 2.86. The molecule has 4 aliphatic carbocycles. The first-order chi connectivity index (χ1) is 12.2. The van der Waals surface area contributed by atoms with Crippen molar-refractivity contribution < 1.29 is 19.8 Å². The van der Waals surface area contributed by atoms with E-state index in [4.69, 9.17) is 11.6 Å². The highest BCUT2D eigenvalue weighted by Gasteiger charge is 2.68. The van der Waals surface area contributed by atoms with Gasteiger partial charge >= 0.3 is 0 Å². The van der Waals surface area contributed by atoms with Crippen LogP contribution in [0.3, 0.4) is 0 Å². The van der Waals surface area contributed by atoms with Crippen LogP contribution in [0, 0.1) is 28.6 Å². The lowest BCUT2D eigenvalue weighted by Gasteiger charge is -2.60. The lowest BCUT2D eigenvalue weighted by molar-refractivity contribution is -0.178. The minimum Gasteiger partial charge on any atom is -0.393 e. The summed E-state index contributed by atoms with van der Waals surface area (Å²) < 4.78 is 0. The number of rotatable bonds is 2. The Balaban J connectivity index is 1.74. The molecule has 144 valence electrons. The number of halogens is 1. The van der Waals surface area contributed by atoms with Gasteiger partial charge in [-0.25, -0.2) is 0 Å². The van der Waals surface area contributed by atoms with Gasteiger partial charge in [0, 0.05) is 11.8 Å². The molecule has 4 rings (SSSR count). The zero-order valence-corrected chi connectivity index (χ0v) is 16.4. The number of hydrogen-bond donors (Lipinski definition) is 2. The fourth-order valence-corrected chi connectivity index (χ4v) is 7.48. The topological polar surface area (TPSA) is 74.6 Å². The number of aliphatic hydroxyl groups is 2. The molecule has 0 bridgehead atoms. The molecule has 0 heterocycles. The molecule has 4 nitrogen and oxygen atoms in total. The first kappa shape index (κ1) is 18.6. The van der Waals surface area contributed by atoms with E-state index in [0.717, 1.165) is 25.7 Å². The predicted octanol–water partition coefficient (Wildman–Crippen LogP) is 3.03. The maximum Gasteiger partial charge on any atom is 0.179 e. The molecule has 0 aromatic carbocycles. The lowest BCUT2D eigenvalue weighted by Crippen LogP contribution is -2.61. The van der Waals surface area contributed by atoms with Gasteiger partial charge in [0.05, 0.1) is 12.0 Å². The molecule has 7 atom stereocenters. The second kappa shape index (κ2) is 5.89. The van der Waals surface area contributed by atoms with Crippen molar-refractivity contribution >= 4 is 23.2 Å². The third kappa shape index (κ3) is 2.21. The SMILES string of the molecule is C[C@]12CCC(=O)C=C1CC[C@@H]1[C@@H]2[C@@H](O)C[C@@]2(C)[C@H]1CC[C@]2(O)C(=O)CCl. The first-order valence-corrected chi connectivity index (χ1v) is 10.4. The van der Waals surface area contributed by atoms with Crippen LogP contribution in [0.15, 0.2) is 11.6 Å². The molecule has 26 heavy (non-hydrogen) atoms. The Bertz CT molecular complexity index is 687. The number of allylic oxidation sites excluding steroid dienone is 1. The summed E-state index contributed by atoms with van der Waals surface area (Å²) in [5.41, 5.74) is -0.996. The van der Waals surface area contributed by atoms with Crippen LogP contribution in [0.5, 0.6) is 0 Å². The van der Waals surface area contributed by atoms with Crippen molar-refractivity contribution in [2.75, 3.05) is 5.88 Å². The third-order valence-electron chi connectivity index (χ3n) is 8.63. The van der Waals surface area contributed by atoms with Crippen molar-refractivity contribution in [2.45, 2.75) is 70.5 Å². The van der Waals surface area contributed by atoms with Crippen LogP contribution in [-0.4, -0.2) is 39.4 Å². The van der Waals surface area contributed by atoms with Crippen LogP contribution in [0.4, 0.5) is 0 Å². The molecule has 0 aliphatic heterocycles. The molecule has 3 saturated carbocycles. The Labute approximate surface area is 160 Å². The zero-order valence-electron chi connectivity index (χ0n) is 15.6. The van der Waals surface area contributed by atoms with Crippen LogP contribution in [-0.2, 0) is 9.59 Å². The molecule has 0 unspecified atom stereocenters. The van der Waals surface area contributed by atoms with Gasteiger partial charge in [0.25, 0.3) is 0 Å². The standard InChI is InChI=1S/C21H29ClO4/c1-19-7-5-13(23)9-12(19)3-4-14-15-6-8-21(26,17(25)11-22)20(15,2)10-16(24)18(14)19/h9,14-16,18,24,26H,3-8,10-11H2,1-2H3/t14-,15-,16-,18+,19-,20-,21-/m0/s1. The quantitative estimate of drug-likeness (QED) is 0.722. The fourth-order valence-electron chi connectivity index (χ4n) is 7.26. The van der Waals surface area contributed by atoms with Gasteiger partial charge in [0.2, 0.25) is 0 Å². The van der Waals surface area contributed by atoms with E-state index in [9.17, 15) is 19.8 Å². The van der Waals surface area contributed by atoms with Gasteiger partial charge in [-0.3, -0.25) is 9.59 Å². The molecule has 0 aromatic rings. The first-order valence-electron chi connectivity index (χ1n) is 9.91. The lowest BCUT2D eigenvalue weighted by atomic mass is 9.45. The van der Waals surface area contributed by atoms with Gasteiger partial charge in [0.15, 0.2) is 11.6 Å². The molecule has 0 amide bonds. The predicted molar refractivity (Wildman–Crippen MR) is 98.8 cm³/mol. The number of ketones is 2. The van der Waals surface area contributed by atoms with Crippen LogP contribution < -0.4 is 0 Å². The Kier molecular flexibility index (Phi) is 4.22. The van der Waals surface area contributed by atoms with Gasteiger partial charge < -0.3 is 10.2 Å². The molecule has 5 heteroatoms. The van der Waals surface area contributed by atoms with Gasteiger partial charge in [-0.1, -0.05) is 19.4 Å². The van der Waals surface area contributed by atoms with Crippen molar-refractivity contribution in [3.8, 4) is 0 Å². The number of Topliss-reactive ketones (excluding diaryl/α,β-unsaturated/α-hetero) is 1. The highest BCUT2D eigenvalue weighted by molar-refractivity contribution is 6.29. The number of alkyl halides is 1. The molecule has 2 N–H and O–H groups in total. The van der Waals surface area contributed by atoms with Crippen molar-refractivity contribution in [3.05, 3.63) is 11.6 Å². The molecular formula is C21H29ClO4. The van der Waals surface area contributed by atoms with Gasteiger partial charge in [-0.15, -0.1) is 11.6 Å². The van der Waals surface area contributed by atoms with Crippen molar-refractivity contribution in [1.29, 1.82) is 0 Å². The summed E-state index contributed by atoms with van der Waals surface area (Å²) in [5, 5.41) is 22.5. The number of aliphatic hydroxyl groups excluding tert-OH is 1. The second-order valence-corrected chi connectivity index (χ2v) is 9.80. The fraction of sp³-hybridized carbons (Fsp3) is 0.810. The molecular weight excluding hydrogens is 352 g/mol. The van der Waals surface area contributed by atoms with E-state index in [1.165, 1.54) is 5.57 Å². The highest BCUT2D eigenvalue weighted by Crippen LogP contribution is 2.67. The van der Waals surface area contributed by atoms with E-state index < -0.39 is 17.1 Å². The summed E-state index contributed by atoms with van der Waals surface area (Å²) in [7, 11) is 0. The Hall–Kier alpha value is -0.710. The normalized spacial score (nSPS) is 50.5. The van der Waals surface area contributed by atoms with Crippen molar-refractivity contribution in [3.63, 3.8) is 0 Å².